The summed E-state index contributed by atoms with van der Waals surface area (Å²) in [7, 11) is 0. The van der Waals surface area contributed by atoms with Crippen LogP contribution in [0.1, 0.15) is 19.4 Å². The largest absolute Gasteiger partial charge is 0.399 e. The van der Waals surface area contributed by atoms with Crippen molar-refractivity contribution in [3.63, 3.8) is 0 Å². The van der Waals surface area contributed by atoms with E-state index in [4.69, 9.17) is 17.6 Å². The van der Waals surface area contributed by atoms with Crippen LogP contribution in [0.4, 0.5) is 5.69 Å². The summed E-state index contributed by atoms with van der Waals surface area (Å²) in [6.07, 6.45) is 0. The number of hydrogen-bond acceptors (Lipinski definition) is 3. The maximum Gasteiger partial charge on any atom is 0.195 e. The fraction of sp³-hybridized carbons (Fsp3) is 0.267. The molecule has 0 aromatic heterocycles. The molecular weight excluding hydrogens is 236 g/mol. The van der Waals surface area contributed by atoms with Crippen LogP contribution in [0.2, 0.25) is 0 Å². The van der Waals surface area contributed by atoms with E-state index in [-0.39, 0.29) is 11.8 Å². The van der Waals surface area contributed by atoms with Gasteiger partial charge in [-0.2, -0.15) is 5.26 Å². The van der Waals surface area contributed by atoms with Gasteiger partial charge in [0.1, 0.15) is 0 Å². The molecule has 4 heteroatoms. The van der Waals surface area contributed by atoms with Gasteiger partial charge in [-0.05, 0) is 24.6 Å². The lowest BCUT2D eigenvalue weighted by Gasteiger charge is -2.24. The van der Waals surface area contributed by atoms with Crippen LogP contribution in [0.3, 0.4) is 0 Å². The van der Waals surface area contributed by atoms with Crippen molar-refractivity contribution in [2.75, 3.05) is 5.73 Å². The smallest absolute Gasteiger partial charge is 0.195 e. The molecule has 1 aromatic rings. The third-order valence-electron chi connectivity index (χ3n) is 3.33. The Balaban J connectivity index is 2.62. The molecule has 0 radical (unpaired) electrons. The van der Waals surface area contributed by atoms with Crippen LogP contribution in [0, 0.1) is 29.7 Å². The first kappa shape index (κ1) is 12.9. The lowest BCUT2D eigenvalue weighted by atomic mass is 9.84. The molecule has 1 aliphatic heterocycles. The fourth-order valence-electron chi connectivity index (χ4n) is 2.30. The van der Waals surface area contributed by atoms with Crippen molar-refractivity contribution >= 4 is 17.1 Å². The van der Waals surface area contributed by atoms with Gasteiger partial charge in [0.05, 0.1) is 24.3 Å². The Bertz CT molecular complexity index is 655. The molecule has 2 rings (SSSR count). The number of nitrogens with zero attached hydrogens (tertiary/aromatic N) is 3. The molecule has 1 aromatic carbocycles. The molecule has 94 valence electrons. The average molecular weight is 250 g/mol. The number of anilines is 1. The maximum absolute atomic E-state index is 9.17. The zero-order valence-corrected chi connectivity index (χ0v) is 10.9. The minimum Gasteiger partial charge on any atom is -0.399 e. The molecule has 2 N–H and O–H groups in total. The Hall–Kier alpha value is -2.59. The number of benzene rings is 1. The first-order valence-corrected chi connectivity index (χ1v) is 6.00. The summed E-state index contributed by atoms with van der Waals surface area (Å²) in [5.74, 6) is -0.467. The lowest BCUT2D eigenvalue weighted by Crippen LogP contribution is -2.23. The second kappa shape index (κ2) is 4.96. The van der Waals surface area contributed by atoms with Crippen LogP contribution in [0.25, 0.3) is 10.5 Å². The molecule has 0 amide bonds. The molecular formula is C15H14N4. The normalized spacial score (nSPS) is 22.4. The second-order valence-corrected chi connectivity index (χ2v) is 4.62. The molecule has 0 saturated carbocycles. The minimum atomic E-state index is -0.325. The number of rotatable bonds is 1. The summed E-state index contributed by atoms with van der Waals surface area (Å²) in [6, 6.07) is 9.54. The van der Waals surface area contributed by atoms with E-state index < -0.39 is 0 Å². The van der Waals surface area contributed by atoms with E-state index in [0.717, 1.165) is 11.3 Å². The van der Waals surface area contributed by atoms with Gasteiger partial charge >= 0.3 is 0 Å². The molecule has 0 fully saturated rings. The van der Waals surface area contributed by atoms with E-state index in [1.807, 2.05) is 26.0 Å². The zero-order valence-electron chi connectivity index (χ0n) is 10.9. The average Bonchev–Trinajstić information content (AvgIpc) is 2.38. The van der Waals surface area contributed by atoms with Crippen molar-refractivity contribution < 1.29 is 0 Å². The Labute approximate surface area is 112 Å². The zero-order chi connectivity index (χ0) is 14.0. The highest BCUT2D eigenvalue weighted by Crippen LogP contribution is 2.36. The number of nitrogens with two attached hydrogens (primary N) is 1. The van der Waals surface area contributed by atoms with E-state index in [2.05, 4.69) is 15.9 Å². The van der Waals surface area contributed by atoms with E-state index in [9.17, 15) is 0 Å². The van der Waals surface area contributed by atoms with Gasteiger partial charge in [-0.3, -0.25) is 4.99 Å². The number of hydrogen-bond donors (Lipinski definition) is 1. The molecule has 1 aliphatic rings. The minimum absolute atomic E-state index is 0.142. The van der Waals surface area contributed by atoms with Gasteiger partial charge in [0, 0.05) is 17.3 Å². The molecule has 19 heavy (non-hydrogen) atoms. The maximum atomic E-state index is 9.17. The summed E-state index contributed by atoms with van der Waals surface area (Å²) in [5.41, 5.74) is 9.16. The molecule has 1 unspecified atom stereocenters. The monoisotopic (exact) mass is 250 g/mol. The lowest BCUT2D eigenvalue weighted by molar-refractivity contribution is 0.618. The fourth-order valence-corrected chi connectivity index (χ4v) is 2.30. The number of nitriles is 1. The van der Waals surface area contributed by atoms with E-state index in [0.29, 0.717) is 17.1 Å². The topological polar surface area (TPSA) is 66.5 Å². The van der Waals surface area contributed by atoms with Crippen molar-refractivity contribution in [3.8, 4) is 6.07 Å². The van der Waals surface area contributed by atoms with Crippen molar-refractivity contribution in [1.29, 1.82) is 5.26 Å². The predicted octanol–water partition coefficient (Wildman–Crippen LogP) is 3.11. The first-order valence-electron chi connectivity index (χ1n) is 6.00. The molecule has 1 heterocycles. The molecule has 0 saturated heterocycles. The Morgan fingerprint density at radius 3 is 2.79 bits per heavy atom. The van der Waals surface area contributed by atoms with Gasteiger partial charge in [-0.25, -0.2) is 4.85 Å². The van der Waals surface area contributed by atoms with Crippen LogP contribution in [-0.4, -0.2) is 5.71 Å². The molecule has 2 atom stereocenters. The SMILES string of the molecule is [C-]#[N+]C1=C(c2cccc(N)c2)N=C(C)C(C#N)[C@H]1C. The summed E-state index contributed by atoms with van der Waals surface area (Å²) in [4.78, 5) is 8.03. The van der Waals surface area contributed by atoms with Gasteiger partial charge in [0.2, 0.25) is 0 Å². The summed E-state index contributed by atoms with van der Waals surface area (Å²) >= 11 is 0. The predicted molar refractivity (Wildman–Crippen MR) is 75.8 cm³/mol. The highest BCUT2D eigenvalue weighted by Gasteiger charge is 2.31. The van der Waals surface area contributed by atoms with Gasteiger partial charge in [-0.1, -0.05) is 19.1 Å². The van der Waals surface area contributed by atoms with Crippen molar-refractivity contribution in [1.82, 2.24) is 0 Å². The van der Waals surface area contributed by atoms with Gasteiger partial charge in [0.15, 0.2) is 5.70 Å². The van der Waals surface area contributed by atoms with Crippen LogP contribution >= 0.6 is 0 Å². The third-order valence-corrected chi connectivity index (χ3v) is 3.33. The Morgan fingerprint density at radius 2 is 2.21 bits per heavy atom. The van der Waals surface area contributed by atoms with E-state index in [1.54, 1.807) is 12.1 Å². The van der Waals surface area contributed by atoms with Crippen LogP contribution in [0.5, 0.6) is 0 Å². The number of allylic oxidation sites excluding steroid dienone is 1. The summed E-state index contributed by atoms with van der Waals surface area (Å²) in [5, 5.41) is 9.17. The summed E-state index contributed by atoms with van der Waals surface area (Å²) < 4.78 is 0. The van der Waals surface area contributed by atoms with E-state index in [1.165, 1.54) is 0 Å². The molecule has 4 nitrogen and oxygen atoms in total. The molecule has 0 aliphatic carbocycles. The van der Waals surface area contributed by atoms with Crippen molar-refractivity contribution in [2.45, 2.75) is 13.8 Å². The number of aliphatic imine (C=N–C) groups is 1. The summed E-state index contributed by atoms with van der Waals surface area (Å²) in [6.45, 7) is 11.1. The molecule has 0 bridgehead atoms. The van der Waals surface area contributed by atoms with Crippen molar-refractivity contribution in [3.05, 3.63) is 46.9 Å². The van der Waals surface area contributed by atoms with Crippen LogP contribution in [0.15, 0.2) is 35.0 Å². The highest BCUT2D eigenvalue weighted by atomic mass is 14.9. The van der Waals surface area contributed by atoms with Crippen molar-refractivity contribution in [2.24, 2.45) is 16.8 Å². The highest BCUT2D eigenvalue weighted by molar-refractivity contribution is 5.95. The quantitative estimate of drug-likeness (QED) is 0.614. The van der Waals surface area contributed by atoms with Crippen LogP contribution < -0.4 is 5.73 Å². The Kier molecular flexibility index (Phi) is 3.35. The van der Waals surface area contributed by atoms with Crippen LogP contribution in [-0.2, 0) is 0 Å². The second-order valence-electron chi connectivity index (χ2n) is 4.62. The standard InChI is InChI=1S/C15H14N4/c1-9-13(8-16)10(2)19-15(14(9)18-3)11-5-4-6-12(17)7-11/h4-7,9,13H,17H2,1-2H3/t9-,13?/m1/s1. The van der Waals surface area contributed by atoms with Gasteiger partial charge in [0.25, 0.3) is 0 Å². The Morgan fingerprint density at radius 1 is 1.47 bits per heavy atom. The first-order chi connectivity index (χ1) is 9.08. The number of nitrogen functional groups attached to an aromatic ring is 1. The third kappa shape index (κ3) is 2.21. The molecule has 0 spiro atoms. The van der Waals surface area contributed by atoms with Gasteiger partial charge < -0.3 is 5.73 Å². The van der Waals surface area contributed by atoms with Gasteiger partial charge in [-0.15, -0.1) is 0 Å². The van der Waals surface area contributed by atoms with E-state index >= 15 is 0 Å².